The van der Waals surface area contributed by atoms with Gasteiger partial charge < -0.3 is 14.7 Å². The number of carbonyl (C=O) groups is 1. The van der Waals surface area contributed by atoms with E-state index in [1.54, 1.807) is 26.4 Å². The van der Waals surface area contributed by atoms with Gasteiger partial charge in [0.2, 0.25) is 0 Å². The smallest absolute Gasteiger partial charge is 0.327 e. The van der Waals surface area contributed by atoms with E-state index in [9.17, 15) is 9.90 Å². The number of anilines is 1. The van der Waals surface area contributed by atoms with Crippen LogP contribution in [0.2, 0.25) is 0 Å². The minimum Gasteiger partial charge on any atom is -0.374 e. The number of aliphatic hydroxyl groups excluding tert-OH is 1. The van der Waals surface area contributed by atoms with Crippen molar-refractivity contribution in [3.05, 3.63) is 23.9 Å². The fourth-order valence-electron chi connectivity index (χ4n) is 2.01. The van der Waals surface area contributed by atoms with Crippen LogP contribution in [0.3, 0.4) is 0 Å². The summed E-state index contributed by atoms with van der Waals surface area (Å²) in [5.41, 5.74) is 0.423. The maximum Gasteiger partial charge on any atom is 0.327 e. The van der Waals surface area contributed by atoms with Gasteiger partial charge in [-0.05, 0) is 31.5 Å². The molecule has 6 nitrogen and oxygen atoms in total. The summed E-state index contributed by atoms with van der Waals surface area (Å²) in [7, 11) is 3.28. The number of ether oxygens (including phenoxy) is 1. The predicted molar refractivity (Wildman–Crippen MR) is 70.8 cm³/mol. The molecule has 2 amide bonds. The number of hydrogen-bond donors (Lipinski definition) is 1. The number of nitrogens with zero attached hydrogens (tertiary/aromatic N) is 3. The highest BCUT2D eigenvalue weighted by Crippen LogP contribution is 2.28. The van der Waals surface area contributed by atoms with Crippen LogP contribution in [-0.2, 0) is 10.3 Å². The van der Waals surface area contributed by atoms with Crippen LogP contribution in [-0.4, -0.2) is 48.0 Å². The fraction of sp³-hybridized carbons (Fsp3) is 0.538. The van der Waals surface area contributed by atoms with Crippen LogP contribution in [0.1, 0.15) is 19.4 Å². The fourth-order valence-corrected chi connectivity index (χ4v) is 2.01. The normalized spacial score (nSPS) is 20.3. The average molecular weight is 265 g/mol. The van der Waals surface area contributed by atoms with Crippen LogP contribution in [0.15, 0.2) is 18.3 Å². The molecule has 1 aliphatic heterocycles. The number of rotatable bonds is 3. The molecule has 1 aliphatic rings. The van der Waals surface area contributed by atoms with Gasteiger partial charge in [-0.25, -0.2) is 14.7 Å². The second kappa shape index (κ2) is 4.79. The first-order valence-corrected chi connectivity index (χ1v) is 6.11. The summed E-state index contributed by atoms with van der Waals surface area (Å²) in [6, 6.07) is 3.35. The number of likely N-dealkylation sites (N-methyl/N-ethyl adjacent to an activating group) is 1. The van der Waals surface area contributed by atoms with Gasteiger partial charge in [-0.2, -0.15) is 0 Å². The number of hydrogen-bond acceptors (Lipinski definition) is 4. The Morgan fingerprint density at radius 2 is 2.21 bits per heavy atom. The van der Waals surface area contributed by atoms with E-state index in [-0.39, 0.29) is 12.6 Å². The molecule has 0 bridgehead atoms. The summed E-state index contributed by atoms with van der Waals surface area (Å²) >= 11 is 0. The average Bonchev–Trinajstić information content (AvgIpc) is 2.63. The Hall–Kier alpha value is -1.66. The Morgan fingerprint density at radius 1 is 1.53 bits per heavy atom. The summed E-state index contributed by atoms with van der Waals surface area (Å²) in [4.78, 5) is 18.9. The first-order valence-electron chi connectivity index (χ1n) is 6.11. The van der Waals surface area contributed by atoms with Crippen molar-refractivity contribution >= 4 is 11.8 Å². The van der Waals surface area contributed by atoms with Crippen molar-refractivity contribution < 1.29 is 14.6 Å². The quantitative estimate of drug-likeness (QED) is 0.890. The van der Waals surface area contributed by atoms with Gasteiger partial charge in [-0.15, -0.1) is 0 Å². The molecule has 1 fully saturated rings. The lowest BCUT2D eigenvalue weighted by Gasteiger charge is -2.25. The number of carbonyl (C=O) groups excluding carboxylic acids is 1. The number of aliphatic hydroxyl groups is 1. The Balaban J connectivity index is 2.37. The molecule has 1 aromatic heterocycles. The van der Waals surface area contributed by atoms with Gasteiger partial charge >= 0.3 is 6.03 Å². The molecule has 104 valence electrons. The Labute approximate surface area is 112 Å². The molecule has 0 spiro atoms. The summed E-state index contributed by atoms with van der Waals surface area (Å²) in [6.07, 6.45) is 0.745. The Morgan fingerprint density at radius 3 is 2.74 bits per heavy atom. The highest BCUT2D eigenvalue weighted by molar-refractivity contribution is 5.93. The van der Waals surface area contributed by atoms with E-state index < -0.39 is 11.8 Å². The molecular formula is C13H19N3O3. The number of aromatic nitrogens is 1. The molecule has 0 radical (unpaired) electrons. The summed E-state index contributed by atoms with van der Waals surface area (Å²) in [6.45, 7) is 4.14. The zero-order chi connectivity index (χ0) is 14.2. The number of pyridine rings is 1. The Bertz CT molecular complexity index is 490. The van der Waals surface area contributed by atoms with E-state index in [4.69, 9.17) is 4.74 Å². The molecule has 1 saturated heterocycles. The second-order valence-corrected chi connectivity index (χ2v) is 5.13. The topological polar surface area (TPSA) is 65.9 Å². The third kappa shape index (κ3) is 2.41. The lowest BCUT2D eigenvalue weighted by Crippen LogP contribution is -2.35. The molecule has 1 N–H and O–H groups in total. The van der Waals surface area contributed by atoms with Gasteiger partial charge in [0.1, 0.15) is 5.82 Å². The minimum atomic E-state index is -0.870. The maximum atomic E-state index is 12.0. The minimum absolute atomic E-state index is 0.257. The van der Waals surface area contributed by atoms with Gasteiger partial charge in [-0.3, -0.25) is 0 Å². The molecule has 19 heavy (non-hydrogen) atoms. The van der Waals surface area contributed by atoms with Gasteiger partial charge in [0, 0.05) is 20.4 Å². The first kappa shape index (κ1) is 13.8. The van der Waals surface area contributed by atoms with Crippen LogP contribution in [0.5, 0.6) is 0 Å². The van der Waals surface area contributed by atoms with Gasteiger partial charge in [0.05, 0.1) is 12.1 Å². The lowest BCUT2D eigenvalue weighted by atomic mass is 9.99. The molecule has 0 saturated carbocycles. The van der Waals surface area contributed by atoms with Crippen molar-refractivity contribution in [3.8, 4) is 0 Å². The highest BCUT2D eigenvalue weighted by atomic mass is 16.5. The molecule has 0 aromatic carbocycles. The molecule has 6 heteroatoms. The van der Waals surface area contributed by atoms with Crippen LogP contribution in [0, 0.1) is 0 Å². The molecule has 2 rings (SSSR count). The molecule has 1 unspecified atom stereocenters. The third-order valence-electron chi connectivity index (χ3n) is 3.47. The van der Waals surface area contributed by atoms with Crippen molar-refractivity contribution in [2.45, 2.75) is 25.7 Å². The molecular weight excluding hydrogens is 246 g/mol. The zero-order valence-electron chi connectivity index (χ0n) is 11.6. The number of urea groups is 1. The summed E-state index contributed by atoms with van der Waals surface area (Å²) in [5.74, 6) is 0.435. The van der Waals surface area contributed by atoms with Crippen LogP contribution >= 0.6 is 0 Å². The van der Waals surface area contributed by atoms with E-state index in [0.717, 1.165) is 5.56 Å². The van der Waals surface area contributed by atoms with E-state index in [2.05, 4.69) is 4.98 Å². The van der Waals surface area contributed by atoms with Crippen LogP contribution < -0.4 is 4.90 Å². The monoisotopic (exact) mass is 265 g/mol. The molecule has 1 aromatic rings. The Kier molecular flexibility index (Phi) is 3.47. The largest absolute Gasteiger partial charge is 0.374 e. The predicted octanol–water partition coefficient (Wildman–Crippen LogP) is 1.15. The number of methoxy groups -OCH3 is 1. The SMILES string of the molecule is COC(C)(C)c1ccnc(N2C(=O)N(C)CC2O)c1. The third-order valence-corrected chi connectivity index (χ3v) is 3.47. The molecule has 0 aliphatic carbocycles. The van der Waals surface area contributed by atoms with Crippen molar-refractivity contribution in [3.63, 3.8) is 0 Å². The summed E-state index contributed by atoms with van der Waals surface area (Å²) in [5, 5.41) is 9.93. The van der Waals surface area contributed by atoms with Crippen molar-refractivity contribution in [1.29, 1.82) is 0 Å². The number of β-amino-alcohol motifs (C(OH)–C–C–N with tert-alkyl or cyclic N) is 1. The van der Waals surface area contributed by atoms with E-state index >= 15 is 0 Å². The second-order valence-electron chi connectivity index (χ2n) is 5.13. The standard InChI is InChI=1S/C13H19N3O3/c1-13(2,19-4)9-5-6-14-10(7-9)16-11(17)8-15(3)12(16)18/h5-7,11,17H,8H2,1-4H3. The van der Waals surface area contributed by atoms with E-state index in [0.29, 0.717) is 5.82 Å². The van der Waals surface area contributed by atoms with Crippen molar-refractivity contribution in [2.75, 3.05) is 25.6 Å². The van der Waals surface area contributed by atoms with Gasteiger partial charge in [-0.1, -0.05) is 0 Å². The molecule has 1 atom stereocenters. The van der Waals surface area contributed by atoms with Crippen LogP contribution in [0.25, 0.3) is 0 Å². The van der Waals surface area contributed by atoms with E-state index in [1.807, 2.05) is 19.9 Å². The zero-order valence-corrected chi connectivity index (χ0v) is 11.6. The summed E-state index contributed by atoms with van der Waals surface area (Å²) < 4.78 is 5.41. The highest BCUT2D eigenvalue weighted by Gasteiger charge is 2.36. The number of amides is 2. The lowest BCUT2D eigenvalue weighted by molar-refractivity contribution is 0.0191. The van der Waals surface area contributed by atoms with Gasteiger partial charge in [0.15, 0.2) is 6.23 Å². The van der Waals surface area contributed by atoms with E-state index in [1.165, 1.54) is 9.80 Å². The molecule has 2 heterocycles. The maximum absolute atomic E-state index is 12.0. The van der Waals surface area contributed by atoms with Crippen molar-refractivity contribution in [2.24, 2.45) is 0 Å². The van der Waals surface area contributed by atoms with Gasteiger partial charge in [0.25, 0.3) is 0 Å². The van der Waals surface area contributed by atoms with Crippen molar-refractivity contribution in [1.82, 2.24) is 9.88 Å². The van der Waals surface area contributed by atoms with Crippen LogP contribution in [0.4, 0.5) is 10.6 Å². The first-order chi connectivity index (χ1) is 8.86.